The number of hydrogen-bond acceptors (Lipinski definition) is 4. The van der Waals surface area contributed by atoms with Gasteiger partial charge in [0.2, 0.25) is 0 Å². The van der Waals surface area contributed by atoms with Gasteiger partial charge in [-0.2, -0.15) is 5.26 Å². The molecule has 2 aromatic rings. The maximum atomic E-state index is 12.9. The van der Waals surface area contributed by atoms with E-state index in [1.54, 1.807) is 6.92 Å². The van der Waals surface area contributed by atoms with Gasteiger partial charge in [0, 0.05) is 6.07 Å². The number of aliphatic hydroxyl groups excluding tert-OH is 1. The quantitative estimate of drug-likeness (QED) is 0.870. The minimum atomic E-state index is -0.947. The van der Waals surface area contributed by atoms with Crippen LogP contribution in [0.25, 0.3) is 0 Å². The van der Waals surface area contributed by atoms with Crippen LogP contribution < -0.4 is 9.47 Å². The van der Waals surface area contributed by atoms with E-state index in [1.807, 2.05) is 6.07 Å². The Balaban J connectivity index is 2.16. The predicted molar refractivity (Wildman–Crippen MR) is 84.2 cm³/mol. The highest BCUT2D eigenvalue weighted by Gasteiger charge is 2.15. The van der Waals surface area contributed by atoms with Crippen LogP contribution in [0.4, 0.5) is 4.39 Å². The second-order valence-corrected chi connectivity index (χ2v) is 5.12. The van der Waals surface area contributed by atoms with E-state index in [0.717, 1.165) is 0 Å². The molecule has 2 rings (SSSR count). The molecule has 0 aromatic heterocycles. The van der Waals surface area contributed by atoms with Crippen molar-refractivity contribution in [3.8, 4) is 17.6 Å². The van der Waals surface area contributed by atoms with Gasteiger partial charge in [-0.3, -0.25) is 0 Å². The van der Waals surface area contributed by atoms with Gasteiger partial charge in [0.15, 0.2) is 11.5 Å². The molecule has 6 heteroatoms. The first kappa shape index (κ1) is 17.1. The standard InChI is InChI=1S/C17H15ClFNO3/c1-2-22-16-8-11(9-20)7-14(18)17(16)23-10-15(21)12-3-5-13(19)6-4-12/h3-8,15,21H,2,10H2,1H3. The van der Waals surface area contributed by atoms with Gasteiger partial charge in [-0.15, -0.1) is 0 Å². The van der Waals surface area contributed by atoms with Crippen LogP contribution in [-0.2, 0) is 0 Å². The fourth-order valence-corrected chi connectivity index (χ4v) is 2.24. The van der Waals surface area contributed by atoms with Crippen molar-refractivity contribution < 1.29 is 19.0 Å². The van der Waals surface area contributed by atoms with Crippen LogP contribution in [0.5, 0.6) is 11.5 Å². The van der Waals surface area contributed by atoms with E-state index < -0.39 is 6.10 Å². The minimum Gasteiger partial charge on any atom is -0.490 e. The second-order valence-electron chi connectivity index (χ2n) is 4.71. The van der Waals surface area contributed by atoms with Gasteiger partial charge in [-0.1, -0.05) is 23.7 Å². The molecule has 1 unspecified atom stereocenters. The van der Waals surface area contributed by atoms with E-state index in [2.05, 4.69) is 0 Å². The molecular formula is C17H15ClFNO3. The van der Waals surface area contributed by atoms with E-state index in [-0.39, 0.29) is 23.2 Å². The molecule has 1 N–H and O–H groups in total. The molecule has 0 aliphatic rings. The van der Waals surface area contributed by atoms with Crippen LogP contribution in [0.3, 0.4) is 0 Å². The topological polar surface area (TPSA) is 62.5 Å². The summed E-state index contributed by atoms with van der Waals surface area (Å²) in [4.78, 5) is 0. The smallest absolute Gasteiger partial charge is 0.179 e. The molecule has 4 nitrogen and oxygen atoms in total. The van der Waals surface area contributed by atoms with E-state index in [4.69, 9.17) is 26.3 Å². The summed E-state index contributed by atoms with van der Waals surface area (Å²) in [6.07, 6.45) is -0.947. The number of benzene rings is 2. The van der Waals surface area contributed by atoms with E-state index >= 15 is 0 Å². The zero-order chi connectivity index (χ0) is 16.8. The molecule has 0 saturated carbocycles. The molecule has 0 spiro atoms. The highest BCUT2D eigenvalue weighted by atomic mass is 35.5. The number of nitriles is 1. The van der Waals surface area contributed by atoms with Gasteiger partial charge in [-0.05, 0) is 30.7 Å². The minimum absolute atomic E-state index is 0.0860. The SMILES string of the molecule is CCOc1cc(C#N)cc(Cl)c1OCC(O)c1ccc(F)cc1. The molecule has 1 atom stereocenters. The third kappa shape index (κ3) is 4.35. The van der Waals surface area contributed by atoms with Crippen molar-refractivity contribution in [2.75, 3.05) is 13.2 Å². The third-order valence-electron chi connectivity index (χ3n) is 3.08. The molecule has 0 radical (unpaired) electrons. The predicted octanol–water partition coefficient (Wildman–Crippen LogP) is 3.86. The van der Waals surface area contributed by atoms with E-state index in [9.17, 15) is 9.50 Å². The lowest BCUT2D eigenvalue weighted by Gasteiger charge is -2.16. The maximum absolute atomic E-state index is 12.9. The highest BCUT2D eigenvalue weighted by Crippen LogP contribution is 2.37. The molecule has 0 heterocycles. The summed E-state index contributed by atoms with van der Waals surface area (Å²) in [5.74, 6) is 0.215. The van der Waals surface area contributed by atoms with Crippen molar-refractivity contribution in [1.29, 1.82) is 5.26 Å². The molecule has 0 amide bonds. The molecule has 0 bridgehead atoms. The lowest BCUT2D eigenvalue weighted by atomic mass is 10.1. The Morgan fingerprint density at radius 2 is 1.96 bits per heavy atom. The normalized spacial score (nSPS) is 11.6. The molecule has 0 aliphatic carbocycles. The summed E-state index contributed by atoms with van der Waals surface area (Å²) in [6.45, 7) is 2.09. The molecule has 120 valence electrons. The Bertz CT molecular complexity index is 713. The Morgan fingerprint density at radius 3 is 2.57 bits per heavy atom. The number of rotatable bonds is 6. The lowest BCUT2D eigenvalue weighted by Crippen LogP contribution is -2.11. The number of nitrogens with zero attached hydrogens (tertiary/aromatic N) is 1. The van der Waals surface area contributed by atoms with Crippen LogP contribution in [-0.4, -0.2) is 18.3 Å². The Kier molecular flexibility index (Phi) is 5.80. The summed E-state index contributed by atoms with van der Waals surface area (Å²) >= 11 is 6.11. The van der Waals surface area contributed by atoms with Crippen molar-refractivity contribution in [1.82, 2.24) is 0 Å². The van der Waals surface area contributed by atoms with Crippen LogP contribution in [0.15, 0.2) is 36.4 Å². The average molecular weight is 336 g/mol. The van der Waals surface area contributed by atoms with Gasteiger partial charge in [0.25, 0.3) is 0 Å². The highest BCUT2D eigenvalue weighted by molar-refractivity contribution is 6.32. The summed E-state index contributed by atoms with van der Waals surface area (Å²) < 4.78 is 23.9. The zero-order valence-electron chi connectivity index (χ0n) is 12.4. The number of halogens is 2. The first-order valence-electron chi connectivity index (χ1n) is 6.98. The van der Waals surface area contributed by atoms with Gasteiger partial charge in [0.05, 0.1) is 23.3 Å². The maximum Gasteiger partial charge on any atom is 0.179 e. The molecule has 0 fully saturated rings. The van der Waals surface area contributed by atoms with Crippen molar-refractivity contribution in [2.45, 2.75) is 13.0 Å². The monoisotopic (exact) mass is 335 g/mol. The molecule has 23 heavy (non-hydrogen) atoms. The van der Waals surface area contributed by atoms with Crippen LogP contribution >= 0.6 is 11.6 Å². The first-order chi connectivity index (χ1) is 11.0. The summed E-state index contributed by atoms with van der Waals surface area (Å²) in [5, 5.41) is 19.3. The fraction of sp³-hybridized carbons (Fsp3) is 0.235. The van der Waals surface area contributed by atoms with Crippen molar-refractivity contribution in [3.05, 3.63) is 58.4 Å². The van der Waals surface area contributed by atoms with Crippen LogP contribution in [0, 0.1) is 17.1 Å². The van der Waals surface area contributed by atoms with Crippen molar-refractivity contribution >= 4 is 11.6 Å². The van der Waals surface area contributed by atoms with Gasteiger partial charge < -0.3 is 14.6 Å². The molecule has 0 saturated heterocycles. The van der Waals surface area contributed by atoms with Crippen LogP contribution in [0.2, 0.25) is 5.02 Å². The third-order valence-corrected chi connectivity index (χ3v) is 3.36. The fourth-order valence-electron chi connectivity index (χ4n) is 1.98. The first-order valence-corrected chi connectivity index (χ1v) is 7.35. The zero-order valence-corrected chi connectivity index (χ0v) is 13.2. The van der Waals surface area contributed by atoms with Gasteiger partial charge in [0.1, 0.15) is 18.5 Å². The second kappa shape index (κ2) is 7.82. The average Bonchev–Trinajstić information content (AvgIpc) is 2.54. The number of aliphatic hydroxyl groups is 1. The van der Waals surface area contributed by atoms with Crippen molar-refractivity contribution in [3.63, 3.8) is 0 Å². The van der Waals surface area contributed by atoms with Crippen LogP contribution in [0.1, 0.15) is 24.2 Å². The van der Waals surface area contributed by atoms with Gasteiger partial charge in [-0.25, -0.2) is 4.39 Å². The Labute approximate surface area is 138 Å². The summed E-state index contributed by atoms with van der Waals surface area (Å²) in [6, 6.07) is 10.5. The molecule has 2 aromatic carbocycles. The lowest BCUT2D eigenvalue weighted by molar-refractivity contribution is 0.106. The Hall–Kier alpha value is -2.29. The Morgan fingerprint density at radius 1 is 1.26 bits per heavy atom. The summed E-state index contributed by atoms with van der Waals surface area (Å²) in [7, 11) is 0. The number of hydrogen-bond donors (Lipinski definition) is 1. The van der Waals surface area contributed by atoms with Crippen molar-refractivity contribution in [2.24, 2.45) is 0 Å². The molecule has 0 aliphatic heterocycles. The summed E-state index contributed by atoms with van der Waals surface area (Å²) in [5.41, 5.74) is 0.874. The van der Waals surface area contributed by atoms with E-state index in [1.165, 1.54) is 36.4 Å². The van der Waals surface area contributed by atoms with E-state index in [0.29, 0.717) is 23.5 Å². The molecular weight excluding hydrogens is 321 g/mol. The number of ether oxygens (including phenoxy) is 2. The largest absolute Gasteiger partial charge is 0.490 e. The van der Waals surface area contributed by atoms with Gasteiger partial charge >= 0.3 is 0 Å².